The molecular weight excluding hydrogens is 254 g/mol. The van der Waals surface area contributed by atoms with Crippen molar-refractivity contribution in [2.75, 3.05) is 12.4 Å². The molecule has 1 N–H and O–H groups in total. The summed E-state index contributed by atoms with van der Waals surface area (Å²) in [6.07, 6.45) is 3.45. The van der Waals surface area contributed by atoms with Gasteiger partial charge in [-0.25, -0.2) is 9.97 Å². The Kier molecular flexibility index (Phi) is 3.20. The first kappa shape index (κ1) is 12.4. The number of nitrogens with zero attached hydrogens (tertiary/aromatic N) is 4. The number of aromatic nitrogens is 4. The van der Waals surface area contributed by atoms with Gasteiger partial charge < -0.3 is 10.1 Å². The van der Waals surface area contributed by atoms with Crippen LogP contribution in [0.15, 0.2) is 36.8 Å². The van der Waals surface area contributed by atoms with E-state index in [4.69, 9.17) is 4.74 Å². The van der Waals surface area contributed by atoms with Gasteiger partial charge in [0.2, 0.25) is 0 Å². The summed E-state index contributed by atoms with van der Waals surface area (Å²) in [6.45, 7) is 0.541. The standard InChI is InChI=1S/C14H15N5O/c1-19-9-17-13(18-19)8-16-14-12-4-3-11(20-2)7-10(12)5-6-15-14/h3-7,9H,8H2,1-2H3,(H,15,16). The number of ether oxygens (including phenoxy) is 1. The van der Waals surface area contributed by atoms with Gasteiger partial charge in [-0.15, -0.1) is 0 Å². The van der Waals surface area contributed by atoms with Gasteiger partial charge in [0, 0.05) is 18.6 Å². The average molecular weight is 269 g/mol. The third-order valence-electron chi connectivity index (χ3n) is 3.03. The number of aryl methyl sites for hydroxylation is 1. The van der Waals surface area contributed by atoms with Crippen molar-refractivity contribution in [2.45, 2.75) is 6.54 Å². The maximum absolute atomic E-state index is 5.23. The molecule has 0 aliphatic rings. The van der Waals surface area contributed by atoms with Gasteiger partial charge in [0.25, 0.3) is 0 Å². The molecule has 0 atom stereocenters. The van der Waals surface area contributed by atoms with Crippen LogP contribution in [0.2, 0.25) is 0 Å². The number of methoxy groups -OCH3 is 1. The molecule has 0 fully saturated rings. The van der Waals surface area contributed by atoms with E-state index in [1.54, 1.807) is 24.3 Å². The minimum Gasteiger partial charge on any atom is -0.497 e. The molecule has 0 unspecified atom stereocenters. The molecule has 3 aromatic rings. The fraction of sp³-hybridized carbons (Fsp3) is 0.214. The zero-order valence-corrected chi connectivity index (χ0v) is 11.4. The number of rotatable bonds is 4. The lowest BCUT2D eigenvalue weighted by atomic mass is 10.1. The van der Waals surface area contributed by atoms with E-state index in [2.05, 4.69) is 20.4 Å². The van der Waals surface area contributed by atoms with Gasteiger partial charge in [-0.2, -0.15) is 5.10 Å². The summed E-state index contributed by atoms with van der Waals surface area (Å²) in [4.78, 5) is 8.55. The predicted octanol–water partition coefficient (Wildman–Crippen LogP) is 1.98. The summed E-state index contributed by atoms with van der Waals surface area (Å²) in [5.41, 5.74) is 0. The number of nitrogens with one attached hydrogen (secondary N) is 1. The molecule has 20 heavy (non-hydrogen) atoms. The van der Waals surface area contributed by atoms with E-state index in [0.29, 0.717) is 6.54 Å². The van der Waals surface area contributed by atoms with Gasteiger partial charge in [0.05, 0.1) is 13.7 Å². The molecule has 6 nitrogen and oxygen atoms in total. The predicted molar refractivity (Wildman–Crippen MR) is 76.6 cm³/mol. The first-order valence-corrected chi connectivity index (χ1v) is 6.27. The molecule has 2 heterocycles. The van der Waals surface area contributed by atoms with Crippen molar-refractivity contribution < 1.29 is 4.74 Å². The van der Waals surface area contributed by atoms with Crippen LogP contribution in [0.5, 0.6) is 5.75 Å². The highest BCUT2D eigenvalue weighted by Gasteiger charge is 2.05. The zero-order valence-electron chi connectivity index (χ0n) is 11.4. The maximum Gasteiger partial charge on any atom is 0.169 e. The first-order chi connectivity index (χ1) is 9.76. The van der Waals surface area contributed by atoms with Crippen LogP contribution < -0.4 is 10.1 Å². The average Bonchev–Trinajstić information content (AvgIpc) is 2.90. The van der Waals surface area contributed by atoms with Crippen molar-refractivity contribution in [1.29, 1.82) is 0 Å². The number of fused-ring (bicyclic) bond motifs is 1. The van der Waals surface area contributed by atoms with Gasteiger partial charge in [-0.05, 0) is 29.7 Å². The van der Waals surface area contributed by atoms with Crippen molar-refractivity contribution >= 4 is 16.6 Å². The molecular formula is C14H15N5O. The van der Waals surface area contributed by atoms with Crippen molar-refractivity contribution in [3.05, 3.63) is 42.6 Å². The summed E-state index contributed by atoms with van der Waals surface area (Å²) in [6, 6.07) is 7.87. The van der Waals surface area contributed by atoms with Crippen LogP contribution in [-0.2, 0) is 13.6 Å². The Morgan fingerprint density at radius 2 is 2.15 bits per heavy atom. The van der Waals surface area contributed by atoms with Gasteiger partial charge >= 0.3 is 0 Å². The molecule has 6 heteroatoms. The van der Waals surface area contributed by atoms with Crippen molar-refractivity contribution in [1.82, 2.24) is 19.7 Å². The molecule has 1 aromatic carbocycles. The van der Waals surface area contributed by atoms with Crippen LogP contribution in [0.3, 0.4) is 0 Å². The van der Waals surface area contributed by atoms with Gasteiger partial charge in [-0.3, -0.25) is 4.68 Å². The Morgan fingerprint density at radius 3 is 2.90 bits per heavy atom. The van der Waals surface area contributed by atoms with Crippen LogP contribution >= 0.6 is 0 Å². The van der Waals surface area contributed by atoms with E-state index in [1.807, 2.05) is 31.3 Å². The SMILES string of the molecule is COc1ccc2c(NCc3ncn(C)n3)nccc2c1. The van der Waals surface area contributed by atoms with Gasteiger partial charge in [-0.1, -0.05) is 0 Å². The molecule has 3 rings (SSSR count). The summed E-state index contributed by atoms with van der Waals surface area (Å²) in [5, 5.41) is 9.62. The minimum absolute atomic E-state index is 0.541. The Labute approximate surface area is 116 Å². The highest BCUT2D eigenvalue weighted by Crippen LogP contribution is 2.25. The summed E-state index contributed by atoms with van der Waals surface area (Å²) >= 11 is 0. The Morgan fingerprint density at radius 1 is 1.25 bits per heavy atom. The highest BCUT2D eigenvalue weighted by atomic mass is 16.5. The monoisotopic (exact) mass is 269 g/mol. The lowest BCUT2D eigenvalue weighted by Gasteiger charge is -2.08. The Bertz CT molecular complexity index is 737. The topological polar surface area (TPSA) is 64.9 Å². The molecule has 102 valence electrons. The second kappa shape index (κ2) is 5.16. The fourth-order valence-corrected chi connectivity index (χ4v) is 2.05. The molecule has 0 saturated heterocycles. The molecule has 0 radical (unpaired) electrons. The van der Waals surface area contributed by atoms with Gasteiger partial charge in [0.1, 0.15) is 17.9 Å². The van der Waals surface area contributed by atoms with E-state index in [1.165, 1.54) is 0 Å². The third kappa shape index (κ3) is 2.40. The largest absolute Gasteiger partial charge is 0.497 e. The maximum atomic E-state index is 5.23. The molecule has 0 aliphatic heterocycles. The molecule has 0 bridgehead atoms. The van der Waals surface area contributed by atoms with Crippen LogP contribution in [0, 0.1) is 0 Å². The van der Waals surface area contributed by atoms with Crippen LogP contribution in [0.1, 0.15) is 5.82 Å². The normalized spacial score (nSPS) is 10.7. The smallest absolute Gasteiger partial charge is 0.169 e. The second-order valence-corrected chi connectivity index (χ2v) is 4.43. The first-order valence-electron chi connectivity index (χ1n) is 6.27. The number of pyridine rings is 1. The lowest BCUT2D eigenvalue weighted by molar-refractivity contribution is 0.415. The van der Waals surface area contributed by atoms with Crippen LogP contribution in [-0.4, -0.2) is 26.9 Å². The fourth-order valence-electron chi connectivity index (χ4n) is 2.05. The Hall–Kier alpha value is -2.63. The number of hydrogen-bond acceptors (Lipinski definition) is 5. The van der Waals surface area contributed by atoms with Crippen molar-refractivity contribution in [2.24, 2.45) is 7.05 Å². The van der Waals surface area contributed by atoms with Crippen LogP contribution in [0.4, 0.5) is 5.82 Å². The van der Waals surface area contributed by atoms with E-state index < -0.39 is 0 Å². The number of anilines is 1. The molecule has 0 amide bonds. The van der Waals surface area contributed by atoms with Crippen molar-refractivity contribution in [3.8, 4) is 5.75 Å². The summed E-state index contributed by atoms with van der Waals surface area (Å²) in [7, 11) is 3.51. The molecule has 0 aliphatic carbocycles. The zero-order chi connectivity index (χ0) is 13.9. The molecule has 0 spiro atoms. The summed E-state index contributed by atoms with van der Waals surface area (Å²) in [5.74, 6) is 2.39. The second-order valence-electron chi connectivity index (χ2n) is 4.43. The van der Waals surface area contributed by atoms with Gasteiger partial charge in [0.15, 0.2) is 5.82 Å². The third-order valence-corrected chi connectivity index (χ3v) is 3.03. The number of hydrogen-bond donors (Lipinski definition) is 1. The van der Waals surface area contributed by atoms with E-state index >= 15 is 0 Å². The molecule has 0 saturated carbocycles. The van der Waals surface area contributed by atoms with Crippen molar-refractivity contribution in [3.63, 3.8) is 0 Å². The number of benzene rings is 1. The van der Waals surface area contributed by atoms with E-state index in [0.717, 1.165) is 28.2 Å². The van der Waals surface area contributed by atoms with E-state index in [-0.39, 0.29) is 0 Å². The quantitative estimate of drug-likeness (QED) is 0.784. The highest BCUT2D eigenvalue weighted by molar-refractivity contribution is 5.92. The van der Waals surface area contributed by atoms with Crippen LogP contribution in [0.25, 0.3) is 10.8 Å². The molecule has 2 aromatic heterocycles. The van der Waals surface area contributed by atoms with E-state index in [9.17, 15) is 0 Å². The lowest BCUT2D eigenvalue weighted by Crippen LogP contribution is -2.04. The minimum atomic E-state index is 0.541. The summed E-state index contributed by atoms with van der Waals surface area (Å²) < 4.78 is 6.91. The Balaban J connectivity index is 1.87.